The molecule has 2 aromatic rings. The van der Waals surface area contributed by atoms with Crippen molar-refractivity contribution in [2.45, 2.75) is 31.5 Å². The first-order valence-electron chi connectivity index (χ1n) is 8.70. The normalized spacial score (nSPS) is 18.0. The highest BCUT2D eigenvalue weighted by atomic mass is 35.5. The van der Waals surface area contributed by atoms with Crippen molar-refractivity contribution in [2.75, 3.05) is 19.9 Å². The van der Waals surface area contributed by atoms with E-state index < -0.39 is 5.54 Å². The molecule has 0 saturated carbocycles. The lowest BCUT2D eigenvalue weighted by molar-refractivity contribution is -0.132. The van der Waals surface area contributed by atoms with E-state index in [1.165, 1.54) is 12.1 Å². The Kier molecular flexibility index (Phi) is 5.98. The van der Waals surface area contributed by atoms with E-state index in [2.05, 4.69) is 15.7 Å². The number of nitrogens with zero attached hydrogens (tertiary/aromatic N) is 2. The molecular weight excluding hydrogens is 375 g/mol. The molecule has 0 spiro atoms. The quantitative estimate of drug-likeness (QED) is 0.822. The van der Waals surface area contributed by atoms with Crippen molar-refractivity contribution in [3.05, 3.63) is 47.5 Å². The maximum Gasteiger partial charge on any atom is 0.248 e. The second-order valence-corrected chi connectivity index (χ2v) is 6.58. The first-order valence-corrected chi connectivity index (χ1v) is 8.70. The summed E-state index contributed by atoms with van der Waals surface area (Å²) in [5.41, 5.74) is 0.539. The number of rotatable bonds is 4. The first-order chi connectivity index (χ1) is 12.7. The number of piperidine rings is 1. The molecule has 0 radical (unpaired) electrons. The zero-order valence-electron chi connectivity index (χ0n) is 14.7. The van der Waals surface area contributed by atoms with Crippen LogP contribution in [0.1, 0.15) is 24.0 Å². The Labute approximate surface area is 162 Å². The maximum absolute atomic E-state index is 13.9. The number of nitrogens with one attached hydrogen (secondary N) is 2. The molecule has 146 valence electrons. The minimum absolute atomic E-state index is 0. The molecular formula is C18H22ClFN4O3. The van der Waals surface area contributed by atoms with E-state index in [-0.39, 0.29) is 37.5 Å². The van der Waals surface area contributed by atoms with Crippen LogP contribution in [0.5, 0.6) is 5.75 Å². The number of fused-ring (bicyclic) bond motifs is 1. The molecule has 0 unspecified atom stereocenters. The van der Waals surface area contributed by atoms with Gasteiger partial charge in [-0.15, -0.1) is 12.4 Å². The summed E-state index contributed by atoms with van der Waals surface area (Å²) < 4.78 is 26.3. The lowest BCUT2D eigenvalue weighted by Gasteiger charge is -2.36. The third kappa shape index (κ3) is 3.78. The highest BCUT2D eigenvalue weighted by Crippen LogP contribution is 2.31. The number of aromatic nitrogens is 2. The Balaban J connectivity index is 0.00000210. The first kappa shape index (κ1) is 19.6. The number of hydrogen-bond donors (Lipinski definition) is 2. The van der Waals surface area contributed by atoms with Crippen molar-refractivity contribution in [3.63, 3.8) is 0 Å². The maximum atomic E-state index is 13.9. The Morgan fingerprint density at radius 1 is 1.37 bits per heavy atom. The highest BCUT2D eigenvalue weighted by molar-refractivity contribution is 5.85. The molecule has 3 heterocycles. The summed E-state index contributed by atoms with van der Waals surface area (Å²) in [5.74, 6) is 0.106. The van der Waals surface area contributed by atoms with Crippen LogP contribution >= 0.6 is 12.4 Å². The predicted octanol–water partition coefficient (Wildman–Crippen LogP) is 1.71. The average molecular weight is 397 g/mol. The molecule has 1 saturated heterocycles. The zero-order chi connectivity index (χ0) is 18.0. The van der Waals surface area contributed by atoms with Gasteiger partial charge in [0, 0.05) is 30.1 Å². The molecule has 9 heteroatoms. The van der Waals surface area contributed by atoms with Gasteiger partial charge in [-0.05, 0) is 44.1 Å². The fraction of sp³-hybridized carbons (Fsp3) is 0.444. The zero-order valence-corrected chi connectivity index (χ0v) is 15.6. The van der Waals surface area contributed by atoms with Crippen LogP contribution in [-0.4, -0.2) is 35.6 Å². The van der Waals surface area contributed by atoms with Crippen molar-refractivity contribution in [1.29, 1.82) is 0 Å². The summed E-state index contributed by atoms with van der Waals surface area (Å²) in [6.07, 6.45) is 4.78. The molecule has 0 atom stereocenters. The van der Waals surface area contributed by atoms with Crippen LogP contribution in [0.25, 0.3) is 0 Å². The second kappa shape index (κ2) is 8.24. The van der Waals surface area contributed by atoms with Crippen molar-refractivity contribution in [2.24, 2.45) is 0 Å². The summed E-state index contributed by atoms with van der Waals surface area (Å²) >= 11 is 0. The van der Waals surface area contributed by atoms with Crippen molar-refractivity contribution < 1.29 is 18.7 Å². The van der Waals surface area contributed by atoms with Gasteiger partial charge in [0.05, 0.1) is 6.61 Å². The molecule has 2 N–H and O–H groups in total. The smallest absolute Gasteiger partial charge is 0.248 e. The van der Waals surface area contributed by atoms with E-state index in [9.17, 15) is 9.18 Å². The molecule has 4 rings (SSSR count). The third-order valence-electron chi connectivity index (χ3n) is 4.99. The van der Waals surface area contributed by atoms with Crippen molar-refractivity contribution in [1.82, 2.24) is 20.4 Å². The Hall–Kier alpha value is -2.16. The fourth-order valence-electron chi connectivity index (χ4n) is 3.65. The van der Waals surface area contributed by atoms with Gasteiger partial charge in [0.25, 0.3) is 0 Å². The summed E-state index contributed by atoms with van der Waals surface area (Å²) in [5, 5.41) is 10.5. The number of benzene rings is 1. The number of halogens is 2. The van der Waals surface area contributed by atoms with E-state index in [4.69, 9.17) is 9.47 Å². The lowest BCUT2D eigenvalue weighted by atomic mass is 9.87. The van der Waals surface area contributed by atoms with Gasteiger partial charge >= 0.3 is 0 Å². The molecule has 1 aromatic carbocycles. The molecule has 7 nitrogen and oxygen atoms in total. The van der Waals surface area contributed by atoms with Crippen LogP contribution in [0, 0.1) is 5.82 Å². The van der Waals surface area contributed by atoms with Crippen molar-refractivity contribution in [3.8, 4) is 5.75 Å². The Bertz CT molecular complexity index is 794. The Morgan fingerprint density at radius 3 is 2.93 bits per heavy atom. The van der Waals surface area contributed by atoms with E-state index >= 15 is 0 Å². The largest absolute Gasteiger partial charge is 0.467 e. The van der Waals surface area contributed by atoms with E-state index in [0.29, 0.717) is 36.3 Å². The van der Waals surface area contributed by atoms with Crippen LogP contribution < -0.4 is 15.4 Å². The van der Waals surface area contributed by atoms with Gasteiger partial charge in [-0.3, -0.25) is 9.48 Å². The summed E-state index contributed by atoms with van der Waals surface area (Å²) in [6.45, 7) is 2.10. The molecule has 27 heavy (non-hydrogen) atoms. The van der Waals surface area contributed by atoms with E-state index in [1.54, 1.807) is 10.9 Å². The van der Waals surface area contributed by atoms with Gasteiger partial charge in [-0.2, -0.15) is 5.10 Å². The van der Waals surface area contributed by atoms with Gasteiger partial charge < -0.3 is 20.1 Å². The summed E-state index contributed by atoms with van der Waals surface area (Å²) in [4.78, 5) is 13.1. The third-order valence-corrected chi connectivity index (χ3v) is 4.99. The van der Waals surface area contributed by atoms with Gasteiger partial charge in [0.15, 0.2) is 6.79 Å². The van der Waals surface area contributed by atoms with Gasteiger partial charge in [-0.1, -0.05) is 0 Å². The van der Waals surface area contributed by atoms with Crippen molar-refractivity contribution >= 4 is 18.3 Å². The SMILES string of the molecule is Cl.O=C(NCc1cc(F)cc2c1OCOC2)C1(n2cccn2)CCNCC1. The summed E-state index contributed by atoms with van der Waals surface area (Å²) in [7, 11) is 0. The molecule has 2 aliphatic rings. The van der Waals surface area contributed by atoms with Gasteiger partial charge in [0.1, 0.15) is 17.1 Å². The van der Waals surface area contributed by atoms with Gasteiger partial charge in [0.2, 0.25) is 5.91 Å². The van der Waals surface area contributed by atoms with Crippen LogP contribution in [0.2, 0.25) is 0 Å². The summed E-state index contributed by atoms with van der Waals surface area (Å²) in [6, 6.07) is 4.61. The Morgan fingerprint density at radius 2 is 2.19 bits per heavy atom. The second-order valence-electron chi connectivity index (χ2n) is 6.58. The number of ether oxygens (including phenoxy) is 2. The molecule has 2 aliphatic heterocycles. The monoisotopic (exact) mass is 396 g/mol. The minimum Gasteiger partial charge on any atom is -0.467 e. The predicted molar refractivity (Wildman–Crippen MR) is 98.1 cm³/mol. The number of carbonyl (C=O) groups excluding carboxylic acids is 1. The number of carbonyl (C=O) groups is 1. The molecule has 0 bridgehead atoms. The molecule has 1 fully saturated rings. The number of amides is 1. The van der Waals surface area contributed by atoms with E-state index in [0.717, 1.165) is 13.1 Å². The molecule has 1 amide bonds. The van der Waals surface area contributed by atoms with Crippen LogP contribution in [0.15, 0.2) is 30.6 Å². The fourth-order valence-corrected chi connectivity index (χ4v) is 3.65. The standard InChI is InChI=1S/C18H21FN4O3.ClH/c19-15-8-13(16-14(9-15)11-25-12-26-16)10-21-17(24)18(2-5-20-6-3-18)23-7-1-4-22-23;/h1,4,7-9,20H,2-3,5-6,10-12H2,(H,21,24);1H. The topological polar surface area (TPSA) is 77.4 Å². The molecule has 1 aromatic heterocycles. The number of hydrogen-bond acceptors (Lipinski definition) is 5. The highest BCUT2D eigenvalue weighted by Gasteiger charge is 2.41. The van der Waals surface area contributed by atoms with Gasteiger partial charge in [-0.25, -0.2) is 4.39 Å². The van der Waals surface area contributed by atoms with Crippen LogP contribution in [-0.2, 0) is 28.2 Å². The lowest BCUT2D eigenvalue weighted by Crippen LogP contribution is -2.54. The molecule has 0 aliphatic carbocycles. The van der Waals surface area contributed by atoms with Crippen LogP contribution in [0.3, 0.4) is 0 Å². The van der Waals surface area contributed by atoms with E-state index in [1.807, 2.05) is 12.3 Å². The average Bonchev–Trinajstić information content (AvgIpc) is 3.21. The van der Waals surface area contributed by atoms with Crippen LogP contribution in [0.4, 0.5) is 4.39 Å². The minimum atomic E-state index is -0.730.